The molecule has 1 fully saturated rings. The van der Waals surface area contributed by atoms with E-state index in [4.69, 9.17) is 21.1 Å². The first kappa shape index (κ1) is 17.4. The largest absolute Gasteiger partial charge is 0.488 e. The Balaban J connectivity index is 1.53. The highest BCUT2D eigenvalue weighted by Gasteiger charge is 2.23. The zero-order chi connectivity index (χ0) is 17.5. The third-order valence-electron chi connectivity index (χ3n) is 3.68. The van der Waals surface area contributed by atoms with Crippen LogP contribution in [0.4, 0.5) is 0 Å². The number of hydrogen-bond acceptors (Lipinski definition) is 5. The highest BCUT2D eigenvalue weighted by Crippen LogP contribution is 2.21. The van der Waals surface area contributed by atoms with Crippen molar-refractivity contribution in [3.63, 3.8) is 0 Å². The number of aromatic nitrogens is 2. The molecule has 7 heteroatoms. The van der Waals surface area contributed by atoms with E-state index in [1.54, 1.807) is 35.5 Å². The molecule has 1 saturated heterocycles. The summed E-state index contributed by atoms with van der Waals surface area (Å²) in [5, 5.41) is 0.310. The van der Waals surface area contributed by atoms with Crippen LogP contribution in [-0.4, -0.2) is 53.2 Å². The fourth-order valence-corrected chi connectivity index (χ4v) is 2.59. The van der Waals surface area contributed by atoms with Gasteiger partial charge < -0.3 is 14.4 Å². The molecule has 1 aliphatic heterocycles. The quantitative estimate of drug-likeness (QED) is 0.606. The van der Waals surface area contributed by atoms with Gasteiger partial charge in [0.05, 0.1) is 18.8 Å². The fraction of sp³-hybridized carbons (Fsp3) is 0.278. The summed E-state index contributed by atoms with van der Waals surface area (Å²) in [6, 6.07) is 9.05. The van der Waals surface area contributed by atoms with Gasteiger partial charge in [-0.3, -0.25) is 9.78 Å². The smallest absolute Gasteiger partial charge is 0.246 e. The van der Waals surface area contributed by atoms with Gasteiger partial charge >= 0.3 is 0 Å². The van der Waals surface area contributed by atoms with Crippen molar-refractivity contribution in [3.8, 4) is 5.75 Å². The van der Waals surface area contributed by atoms with Crippen molar-refractivity contribution in [2.75, 3.05) is 26.3 Å². The van der Waals surface area contributed by atoms with E-state index in [0.717, 1.165) is 5.69 Å². The van der Waals surface area contributed by atoms with Gasteiger partial charge in [-0.1, -0.05) is 17.7 Å². The van der Waals surface area contributed by atoms with Crippen LogP contribution in [0.2, 0.25) is 5.15 Å². The summed E-state index contributed by atoms with van der Waals surface area (Å²) in [4.78, 5) is 22.2. The van der Waals surface area contributed by atoms with Crippen molar-refractivity contribution < 1.29 is 14.3 Å². The average Bonchev–Trinajstić information content (AvgIpc) is 2.66. The number of rotatable bonds is 5. The Morgan fingerprint density at radius 2 is 2.20 bits per heavy atom. The normalized spacial score (nSPS) is 17.6. The molecule has 1 amide bonds. The standard InChI is InChI=1S/C18H18ClN3O3/c19-18-16(5-3-9-21-18)25-13-15-12-22(10-11-24-15)17(23)7-6-14-4-1-2-8-20-14/h1-9,15H,10-13H2. The Bertz CT molecular complexity index is 739. The lowest BCUT2D eigenvalue weighted by Crippen LogP contribution is -2.47. The average molecular weight is 360 g/mol. The number of hydrogen-bond donors (Lipinski definition) is 0. The van der Waals surface area contributed by atoms with Crippen molar-refractivity contribution in [1.29, 1.82) is 0 Å². The molecule has 0 N–H and O–H groups in total. The highest BCUT2D eigenvalue weighted by atomic mass is 35.5. The lowest BCUT2D eigenvalue weighted by molar-refractivity contribution is -0.134. The van der Waals surface area contributed by atoms with E-state index < -0.39 is 0 Å². The van der Waals surface area contributed by atoms with Gasteiger partial charge in [0.15, 0.2) is 10.9 Å². The van der Waals surface area contributed by atoms with E-state index in [0.29, 0.717) is 37.2 Å². The van der Waals surface area contributed by atoms with Crippen LogP contribution in [0.15, 0.2) is 48.8 Å². The number of nitrogens with zero attached hydrogens (tertiary/aromatic N) is 3. The van der Waals surface area contributed by atoms with E-state index in [-0.39, 0.29) is 12.0 Å². The van der Waals surface area contributed by atoms with Crippen molar-refractivity contribution in [2.45, 2.75) is 6.10 Å². The van der Waals surface area contributed by atoms with E-state index in [9.17, 15) is 4.79 Å². The van der Waals surface area contributed by atoms with E-state index in [1.807, 2.05) is 18.2 Å². The van der Waals surface area contributed by atoms with Crippen LogP contribution in [0.1, 0.15) is 5.69 Å². The molecule has 25 heavy (non-hydrogen) atoms. The number of carbonyl (C=O) groups excluding carboxylic acids is 1. The van der Waals surface area contributed by atoms with Gasteiger partial charge in [-0.2, -0.15) is 0 Å². The zero-order valence-electron chi connectivity index (χ0n) is 13.5. The third-order valence-corrected chi connectivity index (χ3v) is 3.97. The first-order valence-electron chi connectivity index (χ1n) is 7.95. The van der Waals surface area contributed by atoms with E-state index in [2.05, 4.69) is 9.97 Å². The minimum atomic E-state index is -0.211. The van der Waals surface area contributed by atoms with Crippen LogP contribution in [0, 0.1) is 0 Å². The van der Waals surface area contributed by atoms with Crippen LogP contribution in [0.5, 0.6) is 5.75 Å². The molecule has 0 bridgehead atoms. The van der Waals surface area contributed by atoms with Crippen LogP contribution < -0.4 is 4.74 Å². The summed E-state index contributed by atoms with van der Waals surface area (Å²) in [6.45, 7) is 1.79. The van der Waals surface area contributed by atoms with E-state index in [1.165, 1.54) is 6.08 Å². The van der Waals surface area contributed by atoms with Gasteiger partial charge in [0.25, 0.3) is 0 Å². The SMILES string of the molecule is O=C(C=Cc1ccccn1)N1CCOC(COc2cccnc2Cl)C1. The Morgan fingerprint density at radius 3 is 3.00 bits per heavy atom. The molecular weight excluding hydrogens is 342 g/mol. The number of ether oxygens (including phenoxy) is 2. The van der Waals surface area contributed by atoms with E-state index >= 15 is 0 Å². The van der Waals surface area contributed by atoms with Crippen molar-refractivity contribution in [2.24, 2.45) is 0 Å². The number of carbonyl (C=O) groups is 1. The molecule has 0 saturated carbocycles. The fourth-order valence-electron chi connectivity index (χ4n) is 2.42. The summed E-state index contributed by atoms with van der Waals surface area (Å²) in [7, 11) is 0. The molecule has 0 radical (unpaired) electrons. The maximum atomic E-state index is 12.3. The predicted octanol–water partition coefficient (Wildman–Crippen LogP) is 2.45. The van der Waals surface area contributed by atoms with Crippen molar-refractivity contribution in [1.82, 2.24) is 14.9 Å². The lowest BCUT2D eigenvalue weighted by atomic mass is 10.2. The molecule has 1 aliphatic rings. The summed E-state index contributed by atoms with van der Waals surface area (Å²) in [5.74, 6) is 0.435. The molecule has 3 heterocycles. The molecule has 0 aliphatic carbocycles. The van der Waals surface area contributed by atoms with Crippen molar-refractivity contribution >= 4 is 23.6 Å². The molecule has 3 rings (SSSR count). The topological polar surface area (TPSA) is 64.6 Å². The van der Waals surface area contributed by atoms with Gasteiger partial charge in [-0.15, -0.1) is 0 Å². The second kappa shape index (κ2) is 8.60. The van der Waals surface area contributed by atoms with Gasteiger partial charge in [0, 0.05) is 25.0 Å². The Hall–Kier alpha value is -2.44. The molecule has 1 atom stereocenters. The maximum absolute atomic E-state index is 12.3. The first-order chi connectivity index (χ1) is 12.2. The molecule has 130 valence electrons. The van der Waals surface area contributed by atoms with Gasteiger partial charge in [-0.25, -0.2) is 4.98 Å². The first-order valence-corrected chi connectivity index (χ1v) is 8.33. The molecule has 2 aromatic heterocycles. The summed E-state index contributed by atoms with van der Waals surface area (Å²) in [6.07, 6.45) is 6.32. The predicted molar refractivity (Wildman–Crippen MR) is 94.3 cm³/mol. The van der Waals surface area contributed by atoms with Gasteiger partial charge in [0.1, 0.15) is 12.7 Å². The van der Waals surface area contributed by atoms with Gasteiger partial charge in [0.2, 0.25) is 5.91 Å². The minimum absolute atomic E-state index is 0.0710. The molecule has 0 spiro atoms. The Kier molecular flexibility index (Phi) is 5.98. The van der Waals surface area contributed by atoms with Crippen LogP contribution >= 0.6 is 11.6 Å². The lowest BCUT2D eigenvalue weighted by Gasteiger charge is -2.32. The van der Waals surface area contributed by atoms with Crippen LogP contribution in [0.3, 0.4) is 0 Å². The highest BCUT2D eigenvalue weighted by molar-refractivity contribution is 6.30. The summed E-state index contributed by atoms with van der Waals surface area (Å²) >= 11 is 5.96. The monoisotopic (exact) mass is 359 g/mol. The van der Waals surface area contributed by atoms with Crippen molar-refractivity contribution in [3.05, 3.63) is 59.6 Å². The number of pyridine rings is 2. The molecule has 2 aromatic rings. The second-order valence-corrected chi connectivity index (χ2v) is 5.83. The minimum Gasteiger partial charge on any atom is -0.488 e. The zero-order valence-corrected chi connectivity index (χ0v) is 14.3. The molecule has 1 unspecified atom stereocenters. The maximum Gasteiger partial charge on any atom is 0.246 e. The van der Waals surface area contributed by atoms with Gasteiger partial charge in [-0.05, 0) is 30.3 Å². The van der Waals surface area contributed by atoms with Crippen LogP contribution in [0.25, 0.3) is 6.08 Å². The molecular formula is C18H18ClN3O3. The second-order valence-electron chi connectivity index (χ2n) is 5.47. The number of halogens is 1. The molecule has 6 nitrogen and oxygen atoms in total. The summed E-state index contributed by atoms with van der Waals surface area (Å²) in [5.41, 5.74) is 0.746. The Labute approximate surface area is 151 Å². The summed E-state index contributed by atoms with van der Waals surface area (Å²) < 4.78 is 11.3. The number of amides is 1. The van der Waals surface area contributed by atoms with Crippen LogP contribution in [-0.2, 0) is 9.53 Å². The Morgan fingerprint density at radius 1 is 1.32 bits per heavy atom. The third kappa shape index (κ3) is 5.01. The number of morpholine rings is 1. The molecule has 0 aromatic carbocycles.